The minimum atomic E-state index is -0.252. The SMILES string of the molecule is COC(=O)C1CNC2CCCC(=O)C21. The Hall–Kier alpha value is -0.900. The minimum Gasteiger partial charge on any atom is -0.469 e. The fourth-order valence-electron chi connectivity index (χ4n) is 2.59. The van der Waals surface area contributed by atoms with Gasteiger partial charge in [-0.2, -0.15) is 0 Å². The molecule has 3 unspecified atom stereocenters. The minimum absolute atomic E-state index is 0.129. The van der Waals surface area contributed by atoms with Crippen LogP contribution in [-0.2, 0) is 14.3 Å². The highest BCUT2D eigenvalue weighted by Crippen LogP contribution is 2.32. The van der Waals surface area contributed by atoms with Crippen LogP contribution in [0, 0.1) is 11.8 Å². The van der Waals surface area contributed by atoms with Crippen molar-refractivity contribution in [1.82, 2.24) is 5.32 Å². The fourth-order valence-corrected chi connectivity index (χ4v) is 2.59. The van der Waals surface area contributed by atoms with Gasteiger partial charge < -0.3 is 10.1 Å². The third kappa shape index (κ3) is 1.43. The van der Waals surface area contributed by atoms with Crippen molar-refractivity contribution in [1.29, 1.82) is 0 Å². The summed E-state index contributed by atoms with van der Waals surface area (Å²) in [5, 5.41) is 3.23. The Kier molecular flexibility index (Phi) is 2.54. The van der Waals surface area contributed by atoms with Crippen molar-refractivity contribution in [3.05, 3.63) is 0 Å². The maximum Gasteiger partial charge on any atom is 0.310 e. The molecule has 1 saturated carbocycles. The highest BCUT2D eigenvalue weighted by molar-refractivity contribution is 5.88. The van der Waals surface area contributed by atoms with Crippen LogP contribution in [0.15, 0.2) is 0 Å². The molecule has 14 heavy (non-hydrogen) atoms. The van der Waals surface area contributed by atoms with E-state index in [4.69, 9.17) is 4.74 Å². The van der Waals surface area contributed by atoms with E-state index >= 15 is 0 Å². The van der Waals surface area contributed by atoms with E-state index in [0.29, 0.717) is 13.0 Å². The molecule has 1 aliphatic carbocycles. The summed E-state index contributed by atoms with van der Waals surface area (Å²) in [4.78, 5) is 23.1. The van der Waals surface area contributed by atoms with Gasteiger partial charge in [-0.3, -0.25) is 9.59 Å². The Morgan fingerprint density at radius 2 is 2.36 bits per heavy atom. The quantitative estimate of drug-likeness (QED) is 0.606. The van der Waals surface area contributed by atoms with Gasteiger partial charge in [0.1, 0.15) is 5.78 Å². The molecule has 2 rings (SSSR count). The number of carbonyl (C=O) groups excluding carboxylic acids is 2. The van der Waals surface area contributed by atoms with Gasteiger partial charge in [-0.25, -0.2) is 0 Å². The smallest absolute Gasteiger partial charge is 0.310 e. The predicted molar refractivity (Wildman–Crippen MR) is 49.6 cm³/mol. The van der Waals surface area contributed by atoms with E-state index in [1.807, 2.05) is 0 Å². The van der Waals surface area contributed by atoms with Crippen LogP contribution in [-0.4, -0.2) is 31.4 Å². The predicted octanol–water partition coefficient (Wildman–Crippen LogP) is 0.117. The Bertz CT molecular complexity index is 264. The second kappa shape index (κ2) is 3.69. The molecule has 78 valence electrons. The van der Waals surface area contributed by atoms with Crippen molar-refractivity contribution in [2.45, 2.75) is 25.3 Å². The van der Waals surface area contributed by atoms with E-state index in [9.17, 15) is 9.59 Å². The number of methoxy groups -OCH3 is 1. The van der Waals surface area contributed by atoms with E-state index in [0.717, 1.165) is 12.8 Å². The van der Waals surface area contributed by atoms with Crippen molar-refractivity contribution in [2.24, 2.45) is 11.8 Å². The fraction of sp³-hybridized carbons (Fsp3) is 0.800. The number of fused-ring (bicyclic) bond motifs is 1. The van der Waals surface area contributed by atoms with Crippen LogP contribution in [0.3, 0.4) is 0 Å². The molecule has 0 radical (unpaired) electrons. The number of rotatable bonds is 1. The maximum absolute atomic E-state index is 11.7. The number of ether oxygens (including phenoxy) is 1. The third-order valence-corrected chi connectivity index (χ3v) is 3.28. The molecule has 4 heteroatoms. The van der Waals surface area contributed by atoms with Crippen molar-refractivity contribution in [3.63, 3.8) is 0 Å². The first-order valence-corrected chi connectivity index (χ1v) is 5.08. The number of nitrogens with one attached hydrogen (secondary N) is 1. The van der Waals surface area contributed by atoms with Crippen LogP contribution in [0.2, 0.25) is 0 Å². The van der Waals surface area contributed by atoms with Gasteiger partial charge in [0.2, 0.25) is 0 Å². The molecule has 0 aromatic rings. The number of carbonyl (C=O) groups is 2. The van der Waals surface area contributed by atoms with Gasteiger partial charge in [0.05, 0.1) is 13.0 Å². The van der Waals surface area contributed by atoms with Crippen LogP contribution >= 0.6 is 0 Å². The van der Waals surface area contributed by atoms with E-state index in [-0.39, 0.29) is 29.6 Å². The lowest BCUT2D eigenvalue weighted by Crippen LogP contribution is -2.38. The molecule has 1 N–H and O–H groups in total. The average molecular weight is 197 g/mol. The zero-order valence-electron chi connectivity index (χ0n) is 8.29. The van der Waals surface area contributed by atoms with Gasteiger partial charge in [0.25, 0.3) is 0 Å². The molecule has 1 aliphatic heterocycles. The summed E-state index contributed by atoms with van der Waals surface area (Å²) in [5.74, 6) is -0.407. The molecular weight excluding hydrogens is 182 g/mol. The van der Waals surface area contributed by atoms with Crippen LogP contribution in [0.5, 0.6) is 0 Å². The summed E-state index contributed by atoms with van der Waals surface area (Å²) in [6.45, 7) is 0.591. The Balaban J connectivity index is 2.14. The number of Topliss-reactive ketones (excluding diaryl/α,β-unsaturated/α-hetero) is 1. The van der Waals surface area contributed by atoms with Crippen molar-refractivity contribution < 1.29 is 14.3 Å². The van der Waals surface area contributed by atoms with E-state index in [2.05, 4.69) is 5.32 Å². The lowest BCUT2D eigenvalue weighted by molar-refractivity contribution is -0.149. The molecule has 2 fully saturated rings. The van der Waals surface area contributed by atoms with Gasteiger partial charge in [-0.15, -0.1) is 0 Å². The second-order valence-corrected chi connectivity index (χ2v) is 4.03. The first kappa shape index (κ1) is 9.65. The van der Waals surface area contributed by atoms with E-state index in [1.54, 1.807) is 0 Å². The van der Waals surface area contributed by atoms with Crippen LogP contribution in [0.4, 0.5) is 0 Å². The van der Waals surface area contributed by atoms with Crippen molar-refractivity contribution in [2.75, 3.05) is 13.7 Å². The third-order valence-electron chi connectivity index (χ3n) is 3.28. The molecule has 0 amide bonds. The number of hydrogen-bond acceptors (Lipinski definition) is 4. The highest BCUT2D eigenvalue weighted by Gasteiger charge is 2.46. The molecule has 1 heterocycles. The molecule has 1 saturated heterocycles. The Morgan fingerprint density at radius 3 is 3.07 bits per heavy atom. The van der Waals surface area contributed by atoms with Gasteiger partial charge in [0, 0.05) is 24.9 Å². The molecule has 2 aliphatic rings. The monoisotopic (exact) mass is 197 g/mol. The highest BCUT2D eigenvalue weighted by atomic mass is 16.5. The number of hydrogen-bond donors (Lipinski definition) is 1. The molecule has 0 aromatic heterocycles. The van der Waals surface area contributed by atoms with Gasteiger partial charge in [-0.1, -0.05) is 0 Å². The zero-order valence-corrected chi connectivity index (χ0v) is 8.29. The Morgan fingerprint density at radius 1 is 1.57 bits per heavy atom. The molecule has 0 aromatic carbocycles. The first-order chi connectivity index (χ1) is 6.74. The second-order valence-electron chi connectivity index (χ2n) is 4.03. The summed E-state index contributed by atoms with van der Waals surface area (Å²) in [7, 11) is 1.38. The molecule has 0 spiro atoms. The number of esters is 1. The standard InChI is InChI=1S/C10H15NO3/c1-14-10(13)6-5-11-7-3-2-4-8(12)9(6)7/h6-7,9,11H,2-5H2,1H3. The molecule has 0 bridgehead atoms. The number of ketones is 1. The summed E-state index contributed by atoms with van der Waals surface area (Å²) in [5.41, 5.74) is 0. The van der Waals surface area contributed by atoms with Gasteiger partial charge in [0.15, 0.2) is 0 Å². The lowest BCUT2D eigenvalue weighted by atomic mass is 9.79. The van der Waals surface area contributed by atoms with E-state index in [1.165, 1.54) is 7.11 Å². The summed E-state index contributed by atoms with van der Waals surface area (Å²) in [6.07, 6.45) is 2.57. The van der Waals surface area contributed by atoms with Crippen LogP contribution in [0.25, 0.3) is 0 Å². The van der Waals surface area contributed by atoms with Crippen LogP contribution < -0.4 is 5.32 Å². The lowest BCUT2D eigenvalue weighted by Gasteiger charge is -2.25. The normalized spacial score (nSPS) is 36.6. The van der Waals surface area contributed by atoms with Crippen LogP contribution in [0.1, 0.15) is 19.3 Å². The first-order valence-electron chi connectivity index (χ1n) is 5.08. The summed E-state index contributed by atoms with van der Waals surface area (Å²) >= 11 is 0. The largest absolute Gasteiger partial charge is 0.469 e. The van der Waals surface area contributed by atoms with Crippen molar-refractivity contribution in [3.8, 4) is 0 Å². The molecule has 4 nitrogen and oxygen atoms in total. The van der Waals surface area contributed by atoms with Gasteiger partial charge >= 0.3 is 5.97 Å². The summed E-state index contributed by atoms with van der Waals surface area (Å²) < 4.78 is 4.70. The van der Waals surface area contributed by atoms with Crippen molar-refractivity contribution >= 4 is 11.8 Å². The molecular formula is C10H15NO3. The molecule has 3 atom stereocenters. The maximum atomic E-state index is 11.7. The topological polar surface area (TPSA) is 55.4 Å². The average Bonchev–Trinajstić information content (AvgIpc) is 2.62. The van der Waals surface area contributed by atoms with E-state index < -0.39 is 0 Å². The van der Waals surface area contributed by atoms with Gasteiger partial charge in [-0.05, 0) is 12.8 Å². The Labute approximate surface area is 83.0 Å². The summed E-state index contributed by atoms with van der Waals surface area (Å²) in [6, 6.07) is 0.209. The zero-order chi connectivity index (χ0) is 10.1.